The minimum atomic E-state index is 0.843. The number of para-hydroxylation sites is 1. The Morgan fingerprint density at radius 1 is 0.950 bits per heavy atom. The van der Waals surface area contributed by atoms with E-state index in [0.717, 1.165) is 23.8 Å². The van der Waals surface area contributed by atoms with E-state index in [0.29, 0.717) is 0 Å². The lowest BCUT2D eigenvalue weighted by atomic mass is 10.0. The Morgan fingerprint density at radius 2 is 1.75 bits per heavy atom. The Balaban J connectivity index is 1.68. The molecule has 0 saturated heterocycles. The second kappa shape index (κ2) is 7.88. The van der Waals surface area contributed by atoms with Crippen LogP contribution in [0.2, 0.25) is 0 Å². The third-order valence-electron chi connectivity index (χ3n) is 3.61. The lowest BCUT2D eigenvalue weighted by molar-refractivity contribution is 0.523. The minimum Gasteiger partial charge on any atom is -0.370 e. The van der Waals surface area contributed by atoms with Crippen molar-refractivity contribution in [3.8, 4) is 0 Å². The molecule has 0 aliphatic carbocycles. The number of hydrogen-bond donors (Lipinski definition) is 1. The lowest BCUT2D eigenvalue weighted by Crippen LogP contribution is -2.03. The van der Waals surface area contributed by atoms with Gasteiger partial charge in [0, 0.05) is 11.9 Å². The zero-order chi connectivity index (χ0) is 14.2. The highest BCUT2D eigenvalue weighted by atomic mass is 15.0. The molecular formula is C18H26N2. The molecule has 20 heavy (non-hydrogen) atoms. The monoisotopic (exact) mass is 270 g/mol. The van der Waals surface area contributed by atoms with Gasteiger partial charge in [-0.05, 0) is 30.5 Å². The minimum absolute atomic E-state index is 0.843. The molecule has 1 aromatic carbocycles. The Morgan fingerprint density at radius 3 is 2.60 bits per heavy atom. The zero-order valence-corrected chi connectivity index (χ0v) is 12.7. The highest BCUT2D eigenvalue weighted by Gasteiger charge is 1.98. The van der Waals surface area contributed by atoms with Crippen molar-refractivity contribution in [2.75, 3.05) is 11.9 Å². The molecule has 2 heteroatoms. The zero-order valence-electron chi connectivity index (χ0n) is 12.7. The number of hydrogen-bond acceptors (Lipinski definition) is 2. The molecule has 108 valence electrons. The Bertz CT molecular complexity index is 520. The van der Waals surface area contributed by atoms with E-state index in [1.807, 2.05) is 12.1 Å². The maximum absolute atomic E-state index is 4.62. The van der Waals surface area contributed by atoms with E-state index in [1.165, 1.54) is 37.5 Å². The van der Waals surface area contributed by atoms with Gasteiger partial charge in [0.2, 0.25) is 0 Å². The van der Waals surface area contributed by atoms with Crippen LogP contribution in [0.5, 0.6) is 0 Å². The number of unbranched alkanes of at least 4 members (excludes halogenated alkanes) is 3. The van der Waals surface area contributed by atoms with Crippen molar-refractivity contribution in [3.63, 3.8) is 0 Å². The average Bonchev–Trinajstić information content (AvgIpc) is 2.46. The van der Waals surface area contributed by atoms with Crippen molar-refractivity contribution in [3.05, 3.63) is 36.4 Å². The summed E-state index contributed by atoms with van der Waals surface area (Å²) < 4.78 is 0. The van der Waals surface area contributed by atoms with Gasteiger partial charge in [-0.15, -0.1) is 0 Å². The second-order valence-corrected chi connectivity index (χ2v) is 5.91. The number of rotatable bonds is 8. The largest absolute Gasteiger partial charge is 0.370 e. The van der Waals surface area contributed by atoms with Gasteiger partial charge in [0.15, 0.2) is 0 Å². The molecule has 0 aliphatic rings. The van der Waals surface area contributed by atoms with Crippen LogP contribution in [0.4, 0.5) is 5.82 Å². The normalized spacial score (nSPS) is 11.2. The smallest absolute Gasteiger partial charge is 0.126 e. The van der Waals surface area contributed by atoms with E-state index in [1.54, 1.807) is 0 Å². The summed E-state index contributed by atoms with van der Waals surface area (Å²) in [5.41, 5.74) is 1.06. The number of nitrogens with one attached hydrogen (secondary N) is 1. The molecule has 0 aliphatic heterocycles. The van der Waals surface area contributed by atoms with Crippen LogP contribution in [0.1, 0.15) is 46.0 Å². The summed E-state index contributed by atoms with van der Waals surface area (Å²) in [6, 6.07) is 12.4. The summed E-state index contributed by atoms with van der Waals surface area (Å²) in [4.78, 5) is 4.62. The summed E-state index contributed by atoms with van der Waals surface area (Å²) in [7, 11) is 0. The Labute approximate surface area is 122 Å². The van der Waals surface area contributed by atoms with E-state index in [2.05, 4.69) is 48.4 Å². The Kier molecular flexibility index (Phi) is 5.85. The van der Waals surface area contributed by atoms with Gasteiger partial charge < -0.3 is 5.32 Å². The number of anilines is 1. The van der Waals surface area contributed by atoms with Crippen LogP contribution >= 0.6 is 0 Å². The summed E-state index contributed by atoms with van der Waals surface area (Å²) in [6.07, 6.45) is 6.62. The van der Waals surface area contributed by atoms with Crippen LogP contribution in [0.25, 0.3) is 10.9 Å². The fraction of sp³-hybridized carbons (Fsp3) is 0.500. The van der Waals surface area contributed by atoms with Gasteiger partial charge in [0.05, 0.1) is 5.52 Å². The maximum Gasteiger partial charge on any atom is 0.126 e. The van der Waals surface area contributed by atoms with Crippen molar-refractivity contribution >= 4 is 16.7 Å². The molecule has 1 N–H and O–H groups in total. The fourth-order valence-electron chi connectivity index (χ4n) is 2.41. The van der Waals surface area contributed by atoms with Gasteiger partial charge in [-0.25, -0.2) is 4.98 Å². The molecule has 2 rings (SSSR count). The molecule has 0 atom stereocenters. The van der Waals surface area contributed by atoms with Crippen LogP contribution in [-0.2, 0) is 0 Å². The van der Waals surface area contributed by atoms with E-state index < -0.39 is 0 Å². The molecule has 0 unspecified atom stereocenters. The van der Waals surface area contributed by atoms with Crippen molar-refractivity contribution in [2.45, 2.75) is 46.0 Å². The van der Waals surface area contributed by atoms with E-state index >= 15 is 0 Å². The third kappa shape index (κ3) is 4.84. The molecule has 0 spiro atoms. The van der Waals surface area contributed by atoms with Gasteiger partial charge in [-0.2, -0.15) is 0 Å². The summed E-state index contributed by atoms with van der Waals surface area (Å²) in [5, 5.41) is 4.63. The van der Waals surface area contributed by atoms with Crippen molar-refractivity contribution in [1.82, 2.24) is 4.98 Å². The molecule has 0 amide bonds. The molecule has 0 saturated carbocycles. The van der Waals surface area contributed by atoms with E-state index in [9.17, 15) is 0 Å². The molecule has 0 fully saturated rings. The first-order valence-electron chi connectivity index (χ1n) is 7.85. The fourth-order valence-corrected chi connectivity index (χ4v) is 2.41. The maximum atomic E-state index is 4.62. The predicted octanol–water partition coefficient (Wildman–Crippen LogP) is 5.25. The van der Waals surface area contributed by atoms with Crippen LogP contribution in [0, 0.1) is 5.92 Å². The van der Waals surface area contributed by atoms with Gasteiger partial charge in [0.25, 0.3) is 0 Å². The second-order valence-electron chi connectivity index (χ2n) is 5.91. The highest BCUT2D eigenvalue weighted by molar-refractivity contribution is 5.79. The van der Waals surface area contributed by atoms with Gasteiger partial charge in [-0.1, -0.05) is 57.7 Å². The van der Waals surface area contributed by atoms with Crippen molar-refractivity contribution in [2.24, 2.45) is 5.92 Å². The molecular weight excluding hydrogens is 244 g/mol. The quantitative estimate of drug-likeness (QED) is 0.662. The molecule has 1 aromatic heterocycles. The van der Waals surface area contributed by atoms with Crippen LogP contribution in [-0.4, -0.2) is 11.5 Å². The van der Waals surface area contributed by atoms with Gasteiger partial charge in [-0.3, -0.25) is 0 Å². The predicted molar refractivity (Wildman–Crippen MR) is 88.2 cm³/mol. The lowest BCUT2D eigenvalue weighted by Gasteiger charge is -2.07. The number of benzene rings is 1. The van der Waals surface area contributed by atoms with Gasteiger partial charge >= 0.3 is 0 Å². The first-order chi connectivity index (χ1) is 9.75. The number of aromatic nitrogens is 1. The molecule has 1 heterocycles. The number of fused-ring (bicyclic) bond motifs is 1. The first kappa shape index (κ1) is 14.8. The molecule has 2 nitrogen and oxygen atoms in total. The molecule has 0 bridgehead atoms. The topological polar surface area (TPSA) is 24.9 Å². The summed E-state index contributed by atoms with van der Waals surface area (Å²) in [5.74, 6) is 1.83. The summed E-state index contributed by atoms with van der Waals surface area (Å²) >= 11 is 0. The van der Waals surface area contributed by atoms with Crippen molar-refractivity contribution in [1.29, 1.82) is 0 Å². The Hall–Kier alpha value is -1.57. The molecule has 0 radical (unpaired) electrons. The highest BCUT2D eigenvalue weighted by Crippen LogP contribution is 2.15. The number of pyridine rings is 1. The third-order valence-corrected chi connectivity index (χ3v) is 3.61. The van der Waals surface area contributed by atoms with Crippen LogP contribution < -0.4 is 5.32 Å². The van der Waals surface area contributed by atoms with E-state index in [4.69, 9.17) is 0 Å². The van der Waals surface area contributed by atoms with E-state index in [-0.39, 0.29) is 0 Å². The number of nitrogens with zero attached hydrogens (tertiary/aromatic N) is 1. The van der Waals surface area contributed by atoms with Gasteiger partial charge in [0.1, 0.15) is 5.82 Å². The average molecular weight is 270 g/mol. The first-order valence-corrected chi connectivity index (χ1v) is 7.85. The summed E-state index contributed by atoms with van der Waals surface area (Å²) in [6.45, 7) is 5.62. The SMILES string of the molecule is CC(C)CCCCCCNc1ccc2ccccc2n1. The standard InChI is InChI=1S/C18H26N2/c1-15(2)9-5-3-4-8-14-19-18-13-12-16-10-6-7-11-17(16)20-18/h6-7,10-13,15H,3-5,8-9,14H2,1-2H3,(H,19,20). The van der Waals surface area contributed by atoms with Crippen molar-refractivity contribution < 1.29 is 0 Å². The van der Waals surface area contributed by atoms with Crippen LogP contribution in [0.15, 0.2) is 36.4 Å². The van der Waals surface area contributed by atoms with Crippen LogP contribution in [0.3, 0.4) is 0 Å². The molecule has 2 aromatic rings.